The van der Waals surface area contributed by atoms with E-state index in [0.29, 0.717) is 0 Å². The lowest BCUT2D eigenvalue weighted by Gasteiger charge is -2.12. The first kappa shape index (κ1) is 20.6. The molecular weight excluding hydrogens is 368 g/mol. The van der Waals surface area contributed by atoms with Crippen LogP contribution < -0.4 is 0 Å². The fourth-order valence-electron chi connectivity index (χ4n) is 4.34. The van der Waals surface area contributed by atoms with Crippen LogP contribution in [0.3, 0.4) is 0 Å². The molecule has 2 aromatic heterocycles. The third kappa shape index (κ3) is 4.28. The SMILES string of the molecule is CCCCCCn1c(-c2nc3ccccc3n2CCCCCC)nc2ccccc21. The van der Waals surface area contributed by atoms with Crippen LogP contribution in [0, 0.1) is 0 Å². The summed E-state index contributed by atoms with van der Waals surface area (Å²) in [6, 6.07) is 17.0. The minimum Gasteiger partial charge on any atom is -0.321 e. The van der Waals surface area contributed by atoms with E-state index in [1.807, 2.05) is 0 Å². The van der Waals surface area contributed by atoms with Crippen LogP contribution in [0.15, 0.2) is 48.5 Å². The highest BCUT2D eigenvalue weighted by Gasteiger charge is 2.19. The molecule has 0 fully saturated rings. The number of rotatable bonds is 11. The van der Waals surface area contributed by atoms with Crippen LogP contribution in [0.2, 0.25) is 0 Å². The van der Waals surface area contributed by atoms with Gasteiger partial charge in [0.15, 0.2) is 11.6 Å². The van der Waals surface area contributed by atoms with Crippen molar-refractivity contribution in [1.82, 2.24) is 19.1 Å². The van der Waals surface area contributed by atoms with Gasteiger partial charge in [0.2, 0.25) is 0 Å². The van der Waals surface area contributed by atoms with Crippen LogP contribution in [-0.4, -0.2) is 19.1 Å². The van der Waals surface area contributed by atoms with Gasteiger partial charge in [-0.2, -0.15) is 0 Å². The zero-order valence-electron chi connectivity index (χ0n) is 18.5. The maximum Gasteiger partial charge on any atom is 0.177 e. The van der Waals surface area contributed by atoms with Crippen molar-refractivity contribution in [2.75, 3.05) is 0 Å². The van der Waals surface area contributed by atoms with Gasteiger partial charge in [-0.15, -0.1) is 0 Å². The summed E-state index contributed by atoms with van der Waals surface area (Å²) in [5.41, 5.74) is 4.56. The van der Waals surface area contributed by atoms with E-state index >= 15 is 0 Å². The van der Waals surface area contributed by atoms with Gasteiger partial charge >= 0.3 is 0 Å². The Bertz CT molecular complexity index is 1000. The quantitative estimate of drug-likeness (QED) is 0.248. The molecule has 0 aliphatic carbocycles. The summed E-state index contributed by atoms with van der Waals surface area (Å²) in [5, 5.41) is 0. The topological polar surface area (TPSA) is 35.6 Å². The molecule has 0 N–H and O–H groups in total. The Balaban J connectivity index is 1.77. The molecule has 2 heterocycles. The van der Waals surface area contributed by atoms with Crippen LogP contribution >= 0.6 is 0 Å². The lowest BCUT2D eigenvalue weighted by molar-refractivity contribution is 0.580. The average Bonchev–Trinajstić information content (AvgIpc) is 3.32. The van der Waals surface area contributed by atoms with Gasteiger partial charge in [0, 0.05) is 13.1 Å². The summed E-state index contributed by atoms with van der Waals surface area (Å²) >= 11 is 0. The van der Waals surface area contributed by atoms with Gasteiger partial charge in [0.1, 0.15) is 0 Å². The van der Waals surface area contributed by atoms with E-state index in [1.54, 1.807) is 0 Å². The van der Waals surface area contributed by atoms with Crippen molar-refractivity contribution in [2.24, 2.45) is 0 Å². The number of benzene rings is 2. The van der Waals surface area contributed by atoms with Crippen molar-refractivity contribution in [1.29, 1.82) is 0 Å². The van der Waals surface area contributed by atoms with Crippen molar-refractivity contribution in [3.63, 3.8) is 0 Å². The highest BCUT2D eigenvalue weighted by atomic mass is 15.2. The van der Waals surface area contributed by atoms with E-state index < -0.39 is 0 Å². The normalized spacial score (nSPS) is 11.7. The fraction of sp³-hybridized carbons (Fsp3) is 0.462. The number of imidazole rings is 2. The van der Waals surface area contributed by atoms with Gasteiger partial charge in [0.25, 0.3) is 0 Å². The number of nitrogens with zero attached hydrogens (tertiary/aromatic N) is 4. The van der Waals surface area contributed by atoms with E-state index in [1.165, 1.54) is 62.4 Å². The Labute approximate surface area is 180 Å². The zero-order valence-corrected chi connectivity index (χ0v) is 18.5. The van der Waals surface area contributed by atoms with Gasteiger partial charge in [-0.05, 0) is 37.1 Å². The third-order valence-corrected chi connectivity index (χ3v) is 5.98. The molecule has 0 bridgehead atoms. The monoisotopic (exact) mass is 402 g/mol. The smallest absolute Gasteiger partial charge is 0.177 e. The molecule has 158 valence electrons. The molecule has 0 atom stereocenters. The third-order valence-electron chi connectivity index (χ3n) is 5.98. The van der Waals surface area contributed by atoms with E-state index in [0.717, 1.165) is 35.8 Å². The Hall–Kier alpha value is -2.62. The summed E-state index contributed by atoms with van der Waals surface area (Å²) in [4.78, 5) is 10.1. The number of hydrogen-bond donors (Lipinski definition) is 0. The van der Waals surface area contributed by atoms with Gasteiger partial charge in [-0.1, -0.05) is 76.6 Å². The van der Waals surface area contributed by atoms with Crippen LogP contribution in [0.5, 0.6) is 0 Å². The van der Waals surface area contributed by atoms with Crippen LogP contribution in [0.1, 0.15) is 65.2 Å². The minimum atomic E-state index is 0.995. The van der Waals surface area contributed by atoms with Crippen molar-refractivity contribution >= 4 is 22.1 Å². The fourth-order valence-corrected chi connectivity index (χ4v) is 4.34. The second-order valence-electron chi connectivity index (χ2n) is 8.27. The van der Waals surface area contributed by atoms with Crippen LogP contribution in [-0.2, 0) is 13.1 Å². The van der Waals surface area contributed by atoms with Crippen LogP contribution in [0.25, 0.3) is 33.7 Å². The molecule has 4 aromatic rings. The molecule has 30 heavy (non-hydrogen) atoms. The largest absolute Gasteiger partial charge is 0.321 e. The van der Waals surface area contributed by atoms with E-state index in [2.05, 4.69) is 71.5 Å². The van der Waals surface area contributed by atoms with Gasteiger partial charge < -0.3 is 9.13 Å². The van der Waals surface area contributed by atoms with E-state index in [9.17, 15) is 0 Å². The minimum absolute atomic E-state index is 0.995. The highest BCUT2D eigenvalue weighted by molar-refractivity contribution is 5.83. The first-order valence-electron chi connectivity index (χ1n) is 11.7. The van der Waals surface area contributed by atoms with Crippen LogP contribution in [0.4, 0.5) is 0 Å². The van der Waals surface area contributed by atoms with Crippen molar-refractivity contribution in [3.05, 3.63) is 48.5 Å². The van der Waals surface area contributed by atoms with Crippen molar-refractivity contribution < 1.29 is 0 Å². The molecule has 0 saturated heterocycles. The zero-order chi connectivity index (χ0) is 20.8. The lowest BCUT2D eigenvalue weighted by atomic mass is 10.2. The van der Waals surface area contributed by atoms with Gasteiger partial charge in [-0.3, -0.25) is 0 Å². The summed E-state index contributed by atoms with van der Waals surface area (Å²) in [5.74, 6) is 2.03. The summed E-state index contributed by atoms with van der Waals surface area (Å²) < 4.78 is 4.80. The summed E-state index contributed by atoms with van der Waals surface area (Å²) in [6.07, 6.45) is 9.97. The van der Waals surface area contributed by atoms with Crippen molar-refractivity contribution in [2.45, 2.75) is 78.3 Å². The molecule has 0 unspecified atom stereocenters. The van der Waals surface area contributed by atoms with E-state index in [4.69, 9.17) is 9.97 Å². The molecule has 2 aromatic carbocycles. The van der Waals surface area contributed by atoms with Crippen molar-refractivity contribution in [3.8, 4) is 11.6 Å². The summed E-state index contributed by atoms with van der Waals surface area (Å²) in [7, 11) is 0. The Kier molecular flexibility index (Phi) is 6.83. The first-order valence-corrected chi connectivity index (χ1v) is 11.7. The van der Waals surface area contributed by atoms with E-state index in [-0.39, 0.29) is 0 Å². The predicted molar refractivity (Wildman–Crippen MR) is 127 cm³/mol. The number of hydrogen-bond acceptors (Lipinski definition) is 2. The molecule has 0 spiro atoms. The molecule has 4 rings (SSSR count). The second-order valence-corrected chi connectivity index (χ2v) is 8.27. The molecule has 0 aliphatic rings. The van der Waals surface area contributed by atoms with Gasteiger partial charge in [0.05, 0.1) is 22.1 Å². The Morgan fingerprint density at radius 2 is 1.00 bits per heavy atom. The molecule has 0 saturated carbocycles. The number of fused-ring (bicyclic) bond motifs is 2. The molecular formula is C26H34N4. The Morgan fingerprint density at radius 1 is 0.567 bits per heavy atom. The summed E-state index contributed by atoms with van der Waals surface area (Å²) in [6.45, 7) is 6.52. The molecule has 0 amide bonds. The molecule has 0 radical (unpaired) electrons. The maximum atomic E-state index is 5.06. The number of aromatic nitrogens is 4. The molecule has 4 nitrogen and oxygen atoms in total. The maximum absolute atomic E-state index is 5.06. The molecule has 0 aliphatic heterocycles. The second kappa shape index (κ2) is 9.92. The highest BCUT2D eigenvalue weighted by Crippen LogP contribution is 2.29. The first-order chi connectivity index (χ1) is 14.8. The lowest BCUT2D eigenvalue weighted by Crippen LogP contribution is -2.07. The number of unbranched alkanes of at least 4 members (excludes halogenated alkanes) is 6. The Morgan fingerprint density at radius 3 is 1.43 bits per heavy atom. The predicted octanol–water partition coefficient (Wildman–Crippen LogP) is 7.21. The standard InChI is InChI=1S/C26H34N4/c1-3-5-7-13-19-29-23-17-11-9-15-21(23)27-25(29)26-28-22-16-10-12-18-24(22)30(26)20-14-8-6-4-2/h9-12,15-18H,3-8,13-14,19-20H2,1-2H3. The number of para-hydroxylation sites is 4. The molecule has 4 heteroatoms. The van der Waals surface area contributed by atoms with Gasteiger partial charge in [-0.25, -0.2) is 9.97 Å². The number of aryl methyl sites for hydroxylation is 2. The average molecular weight is 403 g/mol.